The monoisotopic (exact) mass is 410 g/mol. The Morgan fingerprint density at radius 1 is 0.929 bits per heavy atom. The molecule has 0 aliphatic carbocycles. The highest BCUT2D eigenvalue weighted by atomic mass is 35.5. The van der Waals surface area contributed by atoms with Gasteiger partial charge in [0, 0.05) is 35.5 Å². The average molecular weight is 411 g/mol. The zero-order valence-corrected chi connectivity index (χ0v) is 17.2. The smallest absolute Gasteiger partial charge is 0.239 e. The quantitative estimate of drug-likeness (QED) is 0.612. The van der Waals surface area contributed by atoms with E-state index in [1.807, 2.05) is 85.7 Å². The number of fused-ring (bicyclic) bond motifs is 1. The van der Waals surface area contributed by atoms with Gasteiger partial charge in [-0.2, -0.15) is 0 Å². The SMILES string of the molecule is CN(C)c1ccc(C2(Cc3cccc(Cl)c3)C(=O)Nc3cc(Cl)ccc32)cc1. The van der Waals surface area contributed by atoms with Crippen LogP contribution in [0.3, 0.4) is 0 Å². The molecule has 1 heterocycles. The van der Waals surface area contributed by atoms with Gasteiger partial charge in [0.1, 0.15) is 5.41 Å². The van der Waals surface area contributed by atoms with Gasteiger partial charge in [0.05, 0.1) is 0 Å². The van der Waals surface area contributed by atoms with E-state index < -0.39 is 5.41 Å². The lowest BCUT2D eigenvalue weighted by atomic mass is 9.71. The minimum atomic E-state index is -0.838. The molecule has 1 N–H and O–H groups in total. The zero-order valence-electron chi connectivity index (χ0n) is 15.7. The van der Waals surface area contributed by atoms with Crippen LogP contribution in [0.4, 0.5) is 11.4 Å². The number of nitrogens with zero attached hydrogens (tertiary/aromatic N) is 1. The molecule has 0 aromatic heterocycles. The summed E-state index contributed by atoms with van der Waals surface area (Å²) in [4.78, 5) is 15.4. The number of amides is 1. The third-order valence-electron chi connectivity index (χ3n) is 5.31. The fourth-order valence-electron chi connectivity index (χ4n) is 3.90. The summed E-state index contributed by atoms with van der Waals surface area (Å²) in [6.45, 7) is 0. The van der Waals surface area contributed by atoms with Crippen LogP contribution in [0.2, 0.25) is 10.0 Å². The highest BCUT2D eigenvalue weighted by molar-refractivity contribution is 6.31. The number of nitrogens with one attached hydrogen (secondary N) is 1. The molecule has 3 aromatic rings. The number of hydrogen-bond donors (Lipinski definition) is 1. The first-order valence-corrected chi connectivity index (χ1v) is 9.79. The van der Waals surface area contributed by atoms with Gasteiger partial charge >= 0.3 is 0 Å². The number of anilines is 2. The van der Waals surface area contributed by atoms with E-state index in [2.05, 4.69) is 5.32 Å². The molecule has 3 aromatic carbocycles. The minimum Gasteiger partial charge on any atom is -0.378 e. The summed E-state index contributed by atoms with van der Waals surface area (Å²) in [6.07, 6.45) is 0.509. The Morgan fingerprint density at radius 2 is 1.64 bits per heavy atom. The number of carbonyl (C=O) groups excluding carboxylic acids is 1. The molecule has 0 bridgehead atoms. The van der Waals surface area contributed by atoms with Crippen molar-refractivity contribution in [1.29, 1.82) is 0 Å². The van der Waals surface area contributed by atoms with Crippen molar-refractivity contribution in [1.82, 2.24) is 0 Å². The maximum atomic E-state index is 13.4. The molecule has 1 atom stereocenters. The molecule has 28 heavy (non-hydrogen) atoms. The Morgan fingerprint density at radius 3 is 2.32 bits per heavy atom. The standard InChI is InChI=1S/C23H20Cl2N2O/c1-27(2)19-9-6-16(7-10-19)23(14-15-4-3-5-17(24)12-15)20-11-8-18(25)13-21(20)26-22(23)28/h3-13H,14H2,1-2H3,(H,26,28). The molecule has 1 unspecified atom stereocenters. The van der Waals surface area contributed by atoms with E-state index in [0.29, 0.717) is 16.5 Å². The van der Waals surface area contributed by atoms with Crippen molar-refractivity contribution in [3.05, 3.63) is 93.5 Å². The summed E-state index contributed by atoms with van der Waals surface area (Å²) in [6, 6.07) is 21.4. The van der Waals surface area contributed by atoms with Crippen molar-refractivity contribution in [2.24, 2.45) is 0 Å². The average Bonchev–Trinajstić information content (AvgIpc) is 2.93. The van der Waals surface area contributed by atoms with Crippen LogP contribution in [-0.2, 0) is 16.6 Å². The van der Waals surface area contributed by atoms with Gasteiger partial charge < -0.3 is 10.2 Å². The summed E-state index contributed by atoms with van der Waals surface area (Å²) in [5, 5.41) is 4.29. The Balaban J connectivity index is 1.90. The summed E-state index contributed by atoms with van der Waals surface area (Å²) in [7, 11) is 3.99. The third kappa shape index (κ3) is 3.15. The highest BCUT2D eigenvalue weighted by Crippen LogP contribution is 2.46. The molecule has 1 aliphatic heterocycles. The number of benzene rings is 3. The molecule has 0 fully saturated rings. The Labute approximate surface area is 174 Å². The summed E-state index contributed by atoms with van der Waals surface area (Å²) in [5.41, 5.74) is 3.88. The van der Waals surface area contributed by atoms with E-state index in [1.165, 1.54) is 0 Å². The largest absolute Gasteiger partial charge is 0.378 e. The van der Waals surface area contributed by atoms with Crippen LogP contribution in [0.25, 0.3) is 0 Å². The first-order valence-electron chi connectivity index (χ1n) is 9.04. The van der Waals surface area contributed by atoms with Gasteiger partial charge in [-0.05, 0) is 59.5 Å². The normalized spacial score (nSPS) is 17.9. The van der Waals surface area contributed by atoms with Crippen LogP contribution < -0.4 is 10.2 Å². The maximum Gasteiger partial charge on any atom is 0.239 e. The predicted molar refractivity (Wildman–Crippen MR) is 117 cm³/mol. The van der Waals surface area contributed by atoms with E-state index in [4.69, 9.17) is 23.2 Å². The maximum absolute atomic E-state index is 13.4. The molecule has 1 amide bonds. The summed E-state index contributed by atoms with van der Waals surface area (Å²) >= 11 is 12.4. The van der Waals surface area contributed by atoms with Crippen LogP contribution >= 0.6 is 23.2 Å². The zero-order chi connectivity index (χ0) is 19.9. The van der Waals surface area contributed by atoms with Gasteiger partial charge in [-0.1, -0.05) is 53.5 Å². The lowest BCUT2D eigenvalue weighted by Crippen LogP contribution is -2.38. The van der Waals surface area contributed by atoms with Gasteiger partial charge in [0.15, 0.2) is 0 Å². The molecule has 1 aliphatic rings. The topological polar surface area (TPSA) is 32.3 Å². The van der Waals surface area contributed by atoms with Crippen LogP contribution in [-0.4, -0.2) is 20.0 Å². The molecule has 3 nitrogen and oxygen atoms in total. The number of carbonyl (C=O) groups is 1. The van der Waals surface area contributed by atoms with Crippen molar-refractivity contribution in [3.8, 4) is 0 Å². The van der Waals surface area contributed by atoms with Crippen LogP contribution in [0.1, 0.15) is 16.7 Å². The number of halogens is 2. The molecular weight excluding hydrogens is 391 g/mol. The van der Waals surface area contributed by atoms with Crippen molar-refractivity contribution in [2.75, 3.05) is 24.3 Å². The number of hydrogen-bond acceptors (Lipinski definition) is 2. The minimum absolute atomic E-state index is 0.0534. The molecule has 4 rings (SSSR count). The van der Waals surface area contributed by atoms with E-state index in [0.717, 1.165) is 28.1 Å². The fourth-order valence-corrected chi connectivity index (χ4v) is 4.29. The first kappa shape index (κ1) is 18.9. The van der Waals surface area contributed by atoms with Crippen molar-refractivity contribution < 1.29 is 4.79 Å². The lowest BCUT2D eigenvalue weighted by Gasteiger charge is -2.29. The molecule has 0 saturated heterocycles. The second-order valence-electron chi connectivity index (χ2n) is 7.30. The Kier molecular flexibility index (Phi) is 4.82. The second-order valence-corrected chi connectivity index (χ2v) is 8.17. The lowest BCUT2D eigenvalue weighted by molar-refractivity contribution is -0.119. The molecule has 0 radical (unpaired) electrons. The van der Waals surface area contributed by atoms with Crippen LogP contribution in [0.15, 0.2) is 66.7 Å². The van der Waals surface area contributed by atoms with Crippen molar-refractivity contribution >= 4 is 40.5 Å². The second kappa shape index (κ2) is 7.16. The molecule has 0 spiro atoms. The molecule has 0 saturated carbocycles. The predicted octanol–water partition coefficient (Wildman–Crippen LogP) is 5.54. The Bertz CT molecular complexity index is 1050. The van der Waals surface area contributed by atoms with Gasteiger partial charge in [0.2, 0.25) is 5.91 Å². The first-order chi connectivity index (χ1) is 13.4. The van der Waals surface area contributed by atoms with Gasteiger partial charge in [-0.25, -0.2) is 0 Å². The van der Waals surface area contributed by atoms with Crippen LogP contribution in [0, 0.1) is 0 Å². The molecule has 142 valence electrons. The van der Waals surface area contributed by atoms with E-state index >= 15 is 0 Å². The van der Waals surface area contributed by atoms with Crippen molar-refractivity contribution in [3.63, 3.8) is 0 Å². The van der Waals surface area contributed by atoms with E-state index in [9.17, 15) is 4.79 Å². The highest BCUT2D eigenvalue weighted by Gasteiger charge is 2.48. The van der Waals surface area contributed by atoms with E-state index in [-0.39, 0.29) is 5.91 Å². The number of rotatable bonds is 4. The fraction of sp³-hybridized carbons (Fsp3) is 0.174. The van der Waals surface area contributed by atoms with Crippen molar-refractivity contribution in [2.45, 2.75) is 11.8 Å². The summed E-state index contributed by atoms with van der Waals surface area (Å²) < 4.78 is 0. The molecule has 5 heteroatoms. The van der Waals surface area contributed by atoms with Gasteiger partial charge in [-0.15, -0.1) is 0 Å². The van der Waals surface area contributed by atoms with E-state index in [1.54, 1.807) is 0 Å². The van der Waals surface area contributed by atoms with Gasteiger partial charge in [-0.3, -0.25) is 4.79 Å². The Hall–Kier alpha value is -2.49. The van der Waals surface area contributed by atoms with Crippen LogP contribution in [0.5, 0.6) is 0 Å². The third-order valence-corrected chi connectivity index (χ3v) is 5.78. The summed E-state index contributed by atoms with van der Waals surface area (Å²) in [5.74, 6) is -0.0534. The van der Waals surface area contributed by atoms with Gasteiger partial charge in [0.25, 0.3) is 0 Å². The molecular formula is C23H20Cl2N2O.